The second kappa shape index (κ2) is 50.3. The Morgan fingerprint density at radius 2 is 0.582 bits per heavy atom. The minimum absolute atomic E-state index is 0.832. The van der Waals surface area contributed by atoms with Gasteiger partial charge in [0.15, 0.2) is 50.3 Å². The molecule has 10 saturated heterocycles. The Kier molecular flexibility index (Phi) is 41.6. The molecular weight excluding hydrogens is 1930 g/mol. The van der Waals surface area contributed by atoms with Crippen LogP contribution in [-0.2, 0) is 128 Å². The lowest BCUT2D eigenvalue weighted by molar-refractivity contribution is -0.397. The number of hydrogen-bond acceptors (Lipinski definition) is 55. The predicted molar refractivity (Wildman–Crippen MR) is 434 cm³/mol. The smallest absolute Gasteiger partial charge is 0.364 e. The third-order valence-corrected chi connectivity index (χ3v) is 25.2. The molecule has 0 bridgehead atoms. The Hall–Kier alpha value is -6.12. The molecule has 10 rings (SSSR count). The molecule has 0 aromatic rings. The summed E-state index contributed by atoms with van der Waals surface area (Å²) in [5.41, 5.74) is 0. The fourth-order valence-electron chi connectivity index (χ4n) is 17.9. The van der Waals surface area contributed by atoms with E-state index in [1.54, 1.807) is 0 Å². The van der Waals surface area contributed by atoms with Crippen molar-refractivity contribution in [2.75, 3.05) is 66.1 Å². The predicted octanol–water partition coefficient (Wildman–Crippen LogP) is -23.5. The summed E-state index contributed by atoms with van der Waals surface area (Å²) in [4.78, 5) is 102. The Morgan fingerprint density at radius 3 is 0.965 bits per heavy atom. The maximum Gasteiger partial charge on any atom is 0.364 e. The van der Waals surface area contributed by atoms with E-state index < -0.39 is 444 Å². The number of carbonyl (C=O) groups is 8. The van der Waals surface area contributed by atoms with Gasteiger partial charge in [-0.1, -0.05) is 0 Å². The number of aliphatic hydroxyl groups is 28. The third kappa shape index (κ3) is 26.4. The summed E-state index contributed by atoms with van der Waals surface area (Å²) in [6, 6.07) is -11.4. The van der Waals surface area contributed by atoms with Gasteiger partial charge in [0.2, 0.25) is 35.4 Å². The summed E-state index contributed by atoms with van der Waals surface area (Å²) in [5.74, 6) is -16.2. The molecule has 0 spiro atoms. The Labute approximate surface area is 796 Å². The van der Waals surface area contributed by atoms with E-state index in [1.165, 1.54) is 0 Å². The topological polar surface area (TPSA) is 991 Å². The van der Waals surface area contributed by atoms with Crippen LogP contribution in [0.2, 0.25) is 0 Å². The molecule has 63 nitrogen and oxygen atoms in total. The van der Waals surface area contributed by atoms with Gasteiger partial charge in [-0.15, -0.1) is 0 Å². The zero-order valence-electron chi connectivity index (χ0n) is 75.8. The average molecular weight is 2060 g/mol. The highest BCUT2D eigenvalue weighted by molar-refractivity contribution is 5.78. The van der Waals surface area contributed by atoms with Crippen molar-refractivity contribution in [1.82, 2.24) is 31.9 Å². The van der Waals surface area contributed by atoms with Crippen molar-refractivity contribution in [2.24, 2.45) is 0 Å². The lowest BCUT2D eigenvalue weighted by atomic mass is 9.88. The average Bonchev–Trinajstić information content (AvgIpc) is 0.772. The van der Waals surface area contributed by atoms with E-state index >= 15 is 0 Å². The molecule has 0 saturated carbocycles. The molecule has 63 heteroatoms. The van der Waals surface area contributed by atoms with Gasteiger partial charge in [0.05, 0.1) is 90.4 Å². The van der Waals surface area contributed by atoms with E-state index in [2.05, 4.69) is 31.9 Å². The van der Waals surface area contributed by atoms with E-state index in [-0.39, 0.29) is 0 Å². The van der Waals surface area contributed by atoms with Crippen molar-refractivity contribution < 1.29 is 282 Å². The van der Waals surface area contributed by atoms with Crippen LogP contribution in [0.15, 0.2) is 0 Å². The highest BCUT2D eigenvalue weighted by Crippen LogP contribution is 2.43. The molecule has 1 unspecified atom stereocenters. The first-order chi connectivity index (χ1) is 66.3. The number of ether oxygens (including phenoxy) is 19. The second-order valence-electron chi connectivity index (χ2n) is 35.4. The van der Waals surface area contributed by atoms with Crippen molar-refractivity contribution in [1.29, 1.82) is 0 Å². The van der Waals surface area contributed by atoms with Gasteiger partial charge < -0.3 is 275 Å². The van der Waals surface area contributed by atoms with Crippen LogP contribution in [0.25, 0.3) is 0 Å². The number of amides is 6. The number of aliphatic carboxylic acids is 2. The number of carboxylic acid groups (broad SMARTS) is 2. The fourth-order valence-corrected chi connectivity index (χ4v) is 17.9. The molecule has 10 aliphatic heterocycles. The van der Waals surface area contributed by atoms with Crippen molar-refractivity contribution in [3.63, 3.8) is 0 Å². The SMILES string of the molecule is CC(=O)N[C@H]1[C@H](O[C@H]2[C@H](O)[C@@H](NC(C)=O)C(O)O[C@@H]2CO)O[C@H](CO)[C@@H](O[C@@H]2O[C@H](CO[C@H]3O[C@H](CO)[C@@H](O)[C@H](O)[C@@H]3O[C@@H]3O[C@H](CO)[C@@H](O[C@@H]4O[C@H](CO[C@]5(C(=O)O)C[C@H](O)[C@@H](NC(C)=O)[C@H]([C@H](O)[C@H](O)CO)O5)[C@H](O)[C@H](O)[C@H]4O)[C@H](O)[C@H]3NC(C)=O)[C@@H](O)[C@H](O[C@H]3O[C@H](CO)[C@@H](O)[C@H](O)[C@@H]3O[C@@H]3O[C@H](CO[C@]4(C(=O)O)C[C@H](O)[C@@H](NC(C)=O)[C@H]([C@H](O)[C@H](O)CO)O4)[C@@H](O)[C@H](O)[C@H]3NC(C)=O)[C@@H]2O)[C@@H]1O. The zero-order valence-corrected chi connectivity index (χ0v) is 75.8. The molecule has 0 aromatic carbocycles. The van der Waals surface area contributed by atoms with E-state index in [1.807, 2.05) is 0 Å². The van der Waals surface area contributed by atoms with Gasteiger partial charge in [-0.2, -0.15) is 0 Å². The first-order valence-corrected chi connectivity index (χ1v) is 44.4. The molecule has 0 aromatic heterocycles. The van der Waals surface area contributed by atoms with E-state index in [0.717, 1.165) is 41.5 Å². The molecule has 6 amide bonds. The minimum Gasteiger partial charge on any atom is -0.477 e. The molecule has 10 aliphatic rings. The Balaban J connectivity index is 0.968. The molecule has 0 aliphatic carbocycles. The summed E-state index contributed by atoms with van der Waals surface area (Å²) in [5, 5.41) is 351. The number of rotatable bonds is 40. The van der Waals surface area contributed by atoms with Crippen molar-refractivity contribution >= 4 is 47.4 Å². The summed E-state index contributed by atoms with van der Waals surface area (Å²) in [6.07, 6.45) is -102. The normalized spacial score (nSPS) is 45.4. The Morgan fingerprint density at radius 1 is 0.291 bits per heavy atom. The maximum absolute atomic E-state index is 13.3. The molecule has 141 heavy (non-hydrogen) atoms. The standard InChI is InChI=1S/C78H128N6O57/c1-19(92)79-37-25(98)7-77(75(119)120,140-62(37)43(102)27(100)9-85)124-17-35-47(106)50(109)40(82-22(4)95)68(131-35)139-66-56(115)46(105)30(12-88)128-74(66)137-64-49(108)34(132-72(58(64)117)136-61-33(15-91)129-69(41(52(61)111)83-23(5)96)134-59-31(13-89)126-67(118)39(51(59)110)81-21(3)94)16-123-73-65(55(114)45(104)29(11-87)127-73)138-70-42(84-24(6)97)53(112)60(32(14-90)130-70)135-71-57(116)54(113)48(107)36(133-71)18-125-78(76(121)122)8-26(99)38(80-20(2)93)63(141-78)44(103)28(101)10-86/h25-74,85-91,98-118H,7-18H2,1-6H3,(H,79,92)(H,80,93)(H,81,94)(H,82,95)(H,83,96)(H,84,97)(H,119,120)(H,121,122)/t25-,26-,27+,28+,29+,30+,31+,32+,33+,34+,35+,36+,37+,38+,39+,40+,41+,42+,43+,44+,45+,46+,47+,48-,49+,50+,51+,52+,53+,54-,55-,56-,57+,58-,59+,60+,61+,62+,63+,64-,65-,66-,67?,68-,69-,70-,71-,72-,73-,74+,77+,78+/m0/s1. The minimum atomic E-state index is -3.20. The second-order valence-corrected chi connectivity index (χ2v) is 35.4. The van der Waals surface area contributed by atoms with E-state index in [0.29, 0.717) is 0 Å². The van der Waals surface area contributed by atoms with Gasteiger partial charge >= 0.3 is 11.9 Å². The number of aliphatic hydroxyl groups excluding tert-OH is 28. The first kappa shape index (κ1) is 117. The number of hydrogen-bond donors (Lipinski definition) is 36. The lowest BCUT2D eigenvalue weighted by Crippen LogP contribution is -2.71. The molecular formula is C78H128N6O57. The van der Waals surface area contributed by atoms with Gasteiger partial charge in [0.1, 0.15) is 232 Å². The number of carbonyl (C=O) groups excluding carboxylic acids is 6. The number of nitrogens with one attached hydrogen (secondary N) is 6. The van der Waals surface area contributed by atoms with Crippen LogP contribution in [0.3, 0.4) is 0 Å². The van der Waals surface area contributed by atoms with Crippen LogP contribution in [0, 0.1) is 0 Å². The monoisotopic (exact) mass is 2060 g/mol. The fraction of sp³-hybridized carbons (Fsp3) is 0.897. The molecule has 812 valence electrons. The highest BCUT2D eigenvalue weighted by Gasteiger charge is 2.64. The van der Waals surface area contributed by atoms with Gasteiger partial charge in [-0.05, 0) is 0 Å². The highest BCUT2D eigenvalue weighted by atomic mass is 16.8. The van der Waals surface area contributed by atoms with Crippen LogP contribution in [0.4, 0.5) is 0 Å². The van der Waals surface area contributed by atoms with Crippen LogP contribution in [0.1, 0.15) is 54.4 Å². The molecule has 0 radical (unpaired) electrons. The summed E-state index contributed by atoms with van der Waals surface area (Å²) in [7, 11) is 0. The van der Waals surface area contributed by atoms with E-state index in [9.17, 15) is 192 Å². The third-order valence-electron chi connectivity index (χ3n) is 25.2. The zero-order chi connectivity index (χ0) is 105. The maximum atomic E-state index is 13.3. The van der Waals surface area contributed by atoms with Crippen LogP contribution < -0.4 is 31.9 Å². The molecule has 10 fully saturated rings. The lowest BCUT2D eigenvalue weighted by Gasteiger charge is -2.51. The van der Waals surface area contributed by atoms with E-state index in [4.69, 9.17) is 90.0 Å². The first-order valence-electron chi connectivity index (χ1n) is 44.4. The molecule has 52 atom stereocenters. The summed E-state index contributed by atoms with van der Waals surface area (Å²) < 4.78 is 113. The van der Waals surface area contributed by atoms with Crippen LogP contribution >= 0.6 is 0 Å². The van der Waals surface area contributed by atoms with Gasteiger partial charge in [0, 0.05) is 54.4 Å². The van der Waals surface area contributed by atoms with Crippen molar-refractivity contribution in [2.45, 2.75) is 372 Å². The van der Waals surface area contributed by atoms with Crippen molar-refractivity contribution in [3.8, 4) is 0 Å². The van der Waals surface area contributed by atoms with Gasteiger partial charge in [-0.3, -0.25) is 28.8 Å². The van der Waals surface area contributed by atoms with Crippen molar-refractivity contribution in [3.05, 3.63) is 0 Å². The van der Waals surface area contributed by atoms with Gasteiger partial charge in [-0.25, -0.2) is 9.59 Å². The number of carboxylic acids is 2. The quantitative estimate of drug-likeness (QED) is 0.0271. The van der Waals surface area contributed by atoms with Crippen LogP contribution in [-0.4, -0.2) is 585 Å². The summed E-state index contributed by atoms with van der Waals surface area (Å²) >= 11 is 0. The van der Waals surface area contributed by atoms with Gasteiger partial charge in [0.25, 0.3) is 11.6 Å². The molecule has 10 heterocycles. The largest absolute Gasteiger partial charge is 0.477 e. The Bertz CT molecular complexity index is 4060. The molecule has 36 N–H and O–H groups in total. The van der Waals surface area contributed by atoms with Crippen LogP contribution in [0.5, 0.6) is 0 Å². The summed E-state index contributed by atoms with van der Waals surface area (Å²) in [6.45, 7) is -6.94.